The minimum absolute atomic E-state index is 0.225. The number of carbonyl (C=O) groups is 1. The van der Waals surface area contributed by atoms with Crippen LogP contribution in [0.25, 0.3) is 21.9 Å². The summed E-state index contributed by atoms with van der Waals surface area (Å²) < 4.78 is 1.75. The molecule has 0 bridgehead atoms. The van der Waals surface area contributed by atoms with Crippen LogP contribution in [0.2, 0.25) is 5.02 Å². The van der Waals surface area contributed by atoms with Crippen LogP contribution in [0.1, 0.15) is 43.4 Å². The number of anilines is 2. The third kappa shape index (κ3) is 6.95. The molecule has 1 aromatic carbocycles. The van der Waals surface area contributed by atoms with E-state index in [4.69, 9.17) is 11.6 Å². The van der Waals surface area contributed by atoms with E-state index < -0.39 is 0 Å². The van der Waals surface area contributed by atoms with Crippen LogP contribution in [-0.2, 0) is 11.8 Å². The molecule has 0 spiro atoms. The van der Waals surface area contributed by atoms with Gasteiger partial charge >= 0.3 is 0 Å². The molecule has 0 atom stereocenters. The van der Waals surface area contributed by atoms with Gasteiger partial charge in [-0.1, -0.05) is 30.9 Å². The summed E-state index contributed by atoms with van der Waals surface area (Å²) >= 11 is 6.06. The molecule has 1 amide bonds. The number of aromatic nitrogens is 4. The summed E-state index contributed by atoms with van der Waals surface area (Å²) in [7, 11) is 1.86. The summed E-state index contributed by atoms with van der Waals surface area (Å²) in [4.78, 5) is 20.9. The maximum Gasteiger partial charge on any atom is 0.264 e. The summed E-state index contributed by atoms with van der Waals surface area (Å²) in [5.74, 6) is 0.352. The van der Waals surface area contributed by atoms with Crippen molar-refractivity contribution < 1.29 is 4.79 Å². The minimum Gasteiger partial charge on any atom is -0.384 e. The first-order chi connectivity index (χ1) is 17.9. The number of pyridine rings is 2. The molecule has 0 saturated heterocycles. The first-order valence-corrected chi connectivity index (χ1v) is 13.0. The predicted molar refractivity (Wildman–Crippen MR) is 151 cm³/mol. The third-order valence-corrected chi connectivity index (χ3v) is 6.43. The monoisotopic (exact) mass is 520 g/mol. The van der Waals surface area contributed by atoms with E-state index in [1.807, 2.05) is 51.2 Å². The van der Waals surface area contributed by atoms with Crippen molar-refractivity contribution in [2.24, 2.45) is 12.1 Å². The quantitative estimate of drug-likeness (QED) is 0.132. The highest BCUT2D eigenvalue weighted by Crippen LogP contribution is 2.25. The van der Waals surface area contributed by atoms with Gasteiger partial charge in [0, 0.05) is 47.8 Å². The zero-order valence-electron chi connectivity index (χ0n) is 21.5. The van der Waals surface area contributed by atoms with Gasteiger partial charge in [-0.15, -0.1) is 0 Å². The van der Waals surface area contributed by atoms with Crippen LogP contribution in [0, 0.1) is 13.8 Å². The second kappa shape index (κ2) is 12.5. The van der Waals surface area contributed by atoms with Crippen molar-refractivity contribution in [2.75, 3.05) is 23.8 Å². The molecule has 0 fully saturated rings. The number of rotatable bonds is 12. The third-order valence-electron chi connectivity index (χ3n) is 6.20. The number of hydrogen-bond acceptors (Lipinski definition) is 7. The molecule has 0 aliphatic heterocycles. The number of hydrazone groups is 1. The number of benzene rings is 1. The number of unbranched alkanes of at least 4 members (excludes halogenated alkanes) is 4. The smallest absolute Gasteiger partial charge is 0.264 e. The van der Waals surface area contributed by atoms with E-state index in [9.17, 15) is 4.79 Å². The summed E-state index contributed by atoms with van der Waals surface area (Å²) in [5.41, 5.74) is 7.61. The fourth-order valence-electron chi connectivity index (χ4n) is 4.41. The first kappa shape index (κ1) is 26.3. The van der Waals surface area contributed by atoms with E-state index in [0.717, 1.165) is 77.5 Å². The molecule has 0 unspecified atom stereocenters. The van der Waals surface area contributed by atoms with E-state index in [0.29, 0.717) is 17.4 Å². The van der Waals surface area contributed by atoms with Gasteiger partial charge in [-0.05, 0) is 62.6 Å². The zero-order valence-corrected chi connectivity index (χ0v) is 22.3. The van der Waals surface area contributed by atoms with Gasteiger partial charge in [0.1, 0.15) is 12.0 Å². The van der Waals surface area contributed by atoms with E-state index >= 15 is 0 Å². The maximum absolute atomic E-state index is 12.0. The second-order valence-corrected chi connectivity index (χ2v) is 9.54. The predicted octanol–water partition coefficient (Wildman–Crippen LogP) is 5.36. The van der Waals surface area contributed by atoms with Gasteiger partial charge in [0.2, 0.25) is 0 Å². The molecule has 0 aliphatic rings. The van der Waals surface area contributed by atoms with Gasteiger partial charge in [0.15, 0.2) is 5.65 Å². The van der Waals surface area contributed by atoms with Crippen LogP contribution in [0.15, 0.2) is 41.6 Å². The standard InChI is InChI=1S/C27H33ClN8O/c1-18-15-24(33-27-26(18)19(2)35-36(27)3)34-32-17-25(37)31-13-8-6-4-5-7-12-29-22-11-14-30-23-16-20(28)9-10-21(22)23/h9-11,14-17H,4-8,12-13H2,1-3H3,(H,29,30)(H,31,37)(H,33,34)/b32-17+. The number of halogens is 1. The Morgan fingerprint density at radius 2 is 1.86 bits per heavy atom. The van der Waals surface area contributed by atoms with Crippen molar-refractivity contribution >= 4 is 57.2 Å². The lowest BCUT2D eigenvalue weighted by Gasteiger charge is -2.09. The molecule has 0 saturated carbocycles. The van der Waals surface area contributed by atoms with Crippen LogP contribution in [0.3, 0.4) is 0 Å². The van der Waals surface area contributed by atoms with Crippen LogP contribution in [-0.4, -0.2) is 45.0 Å². The molecule has 0 radical (unpaired) electrons. The number of hydrogen-bond donors (Lipinski definition) is 3. The van der Waals surface area contributed by atoms with Gasteiger partial charge in [0.25, 0.3) is 5.91 Å². The fourth-order valence-corrected chi connectivity index (χ4v) is 4.58. The molecule has 3 N–H and O–H groups in total. The van der Waals surface area contributed by atoms with Gasteiger partial charge in [-0.25, -0.2) is 4.98 Å². The molecule has 194 valence electrons. The Hall–Kier alpha value is -3.72. The normalized spacial score (nSPS) is 11.5. The lowest BCUT2D eigenvalue weighted by molar-refractivity contribution is -0.114. The van der Waals surface area contributed by atoms with Crippen molar-refractivity contribution in [1.82, 2.24) is 25.1 Å². The summed E-state index contributed by atoms with van der Waals surface area (Å²) in [6.07, 6.45) is 8.40. The number of amides is 1. The van der Waals surface area contributed by atoms with Crippen molar-refractivity contribution in [3.63, 3.8) is 0 Å². The average Bonchev–Trinajstić information content (AvgIpc) is 3.16. The Labute approximate surface area is 221 Å². The minimum atomic E-state index is -0.225. The SMILES string of the molecule is Cc1cc(N/N=C/C(=O)NCCCCCCCNc2ccnc3cc(Cl)ccc23)nc2c1c(C)nn2C. The van der Waals surface area contributed by atoms with Crippen molar-refractivity contribution in [2.45, 2.75) is 46.0 Å². The molecule has 9 nitrogen and oxygen atoms in total. The van der Waals surface area contributed by atoms with Gasteiger partial charge < -0.3 is 10.6 Å². The first-order valence-electron chi connectivity index (χ1n) is 12.6. The van der Waals surface area contributed by atoms with Crippen LogP contribution >= 0.6 is 11.6 Å². The molecule has 4 rings (SSSR count). The molecular formula is C27H33ClN8O. The molecule has 3 aromatic heterocycles. The van der Waals surface area contributed by atoms with E-state index in [-0.39, 0.29) is 5.91 Å². The Balaban J connectivity index is 1.08. The Kier molecular flexibility index (Phi) is 8.90. The Morgan fingerprint density at radius 3 is 2.70 bits per heavy atom. The fraction of sp³-hybridized carbons (Fsp3) is 0.370. The largest absolute Gasteiger partial charge is 0.384 e. The lowest BCUT2D eigenvalue weighted by atomic mass is 10.1. The summed E-state index contributed by atoms with van der Waals surface area (Å²) in [6, 6.07) is 9.67. The van der Waals surface area contributed by atoms with Gasteiger partial charge in [-0.2, -0.15) is 10.2 Å². The molecule has 37 heavy (non-hydrogen) atoms. The highest BCUT2D eigenvalue weighted by Gasteiger charge is 2.10. The van der Waals surface area contributed by atoms with E-state index in [1.165, 1.54) is 6.21 Å². The lowest BCUT2D eigenvalue weighted by Crippen LogP contribution is -2.25. The van der Waals surface area contributed by atoms with Crippen molar-refractivity contribution in [3.8, 4) is 0 Å². The van der Waals surface area contributed by atoms with Crippen molar-refractivity contribution in [1.29, 1.82) is 0 Å². The topological polar surface area (TPSA) is 109 Å². The number of carbonyl (C=O) groups excluding carboxylic acids is 1. The number of nitrogens with zero attached hydrogens (tertiary/aromatic N) is 5. The van der Waals surface area contributed by atoms with Gasteiger partial charge in [0.05, 0.1) is 11.2 Å². The maximum atomic E-state index is 12.0. The highest BCUT2D eigenvalue weighted by atomic mass is 35.5. The molecule has 0 aliphatic carbocycles. The van der Waals surface area contributed by atoms with Crippen LogP contribution in [0.4, 0.5) is 11.5 Å². The number of fused-ring (bicyclic) bond motifs is 2. The Morgan fingerprint density at radius 1 is 1.08 bits per heavy atom. The zero-order chi connectivity index (χ0) is 26.2. The second-order valence-electron chi connectivity index (χ2n) is 9.11. The van der Waals surface area contributed by atoms with Crippen LogP contribution < -0.4 is 16.1 Å². The van der Waals surface area contributed by atoms with Crippen molar-refractivity contribution in [3.05, 3.63) is 52.8 Å². The molecule has 3 heterocycles. The average molecular weight is 521 g/mol. The van der Waals surface area contributed by atoms with Gasteiger partial charge in [-0.3, -0.25) is 19.9 Å². The molecular weight excluding hydrogens is 488 g/mol. The van der Waals surface area contributed by atoms with E-state index in [1.54, 1.807) is 10.9 Å². The number of nitrogens with one attached hydrogen (secondary N) is 3. The summed E-state index contributed by atoms with van der Waals surface area (Å²) in [5, 5.41) is 17.6. The van der Waals surface area contributed by atoms with E-state index in [2.05, 4.69) is 36.2 Å². The number of aryl methyl sites for hydroxylation is 3. The molecule has 4 aromatic rings. The Bertz CT molecular complexity index is 1410. The highest BCUT2D eigenvalue weighted by molar-refractivity contribution is 6.31. The molecule has 10 heteroatoms. The van der Waals surface area contributed by atoms with Crippen LogP contribution in [0.5, 0.6) is 0 Å². The summed E-state index contributed by atoms with van der Waals surface area (Å²) in [6.45, 7) is 5.51.